The van der Waals surface area contributed by atoms with Crippen molar-refractivity contribution in [3.63, 3.8) is 0 Å². The Hall–Kier alpha value is -4.39. The molecule has 0 aliphatic carbocycles. The average molecular weight is 471 g/mol. The molecule has 0 amide bonds. The number of esters is 1. The fourth-order valence-corrected chi connectivity index (χ4v) is 3.95. The summed E-state index contributed by atoms with van der Waals surface area (Å²) >= 11 is 0. The standard InChI is InChI=1S/C28H26N2O5/c1-17-8-11-20(14-18(17)2)30-26(32)23-7-5-4-6-22(23)24(27(30)33)16-29-25(28(34)35-3)15-19-9-12-21(31)13-10-19/h4-14,16,25,31,33H,15H2,1-3H3/t25-/m0/s1. The number of fused-ring (bicyclic) bond motifs is 1. The molecule has 1 atom stereocenters. The Morgan fingerprint density at radius 2 is 1.69 bits per heavy atom. The van der Waals surface area contributed by atoms with Crippen LogP contribution in [0.15, 0.2) is 76.5 Å². The molecule has 7 heteroatoms. The summed E-state index contributed by atoms with van der Waals surface area (Å²) in [6, 6.07) is 18.1. The molecule has 0 saturated carbocycles. The van der Waals surface area contributed by atoms with E-state index in [0.717, 1.165) is 16.7 Å². The van der Waals surface area contributed by atoms with Crippen molar-refractivity contribution >= 4 is 23.0 Å². The van der Waals surface area contributed by atoms with Crippen molar-refractivity contribution < 1.29 is 19.7 Å². The summed E-state index contributed by atoms with van der Waals surface area (Å²) in [5, 5.41) is 21.7. The van der Waals surface area contributed by atoms with E-state index in [1.165, 1.54) is 30.0 Å². The molecule has 35 heavy (non-hydrogen) atoms. The number of aryl methyl sites for hydroxylation is 2. The van der Waals surface area contributed by atoms with Gasteiger partial charge in [-0.1, -0.05) is 36.4 Å². The molecule has 178 valence electrons. The minimum atomic E-state index is -0.885. The van der Waals surface area contributed by atoms with Crippen LogP contribution >= 0.6 is 0 Å². The smallest absolute Gasteiger partial charge is 0.330 e. The van der Waals surface area contributed by atoms with E-state index >= 15 is 0 Å². The number of hydrogen-bond acceptors (Lipinski definition) is 6. The van der Waals surface area contributed by atoms with Crippen molar-refractivity contribution in [2.24, 2.45) is 4.99 Å². The third kappa shape index (κ3) is 4.80. The van der Waals surface area contributed by atoms with Crippen LogP contribution in [-0.4, -0.2) is 40.1 Å². The van der Waals surface area contributed by atoms with Crippen molar-refractivity contribution in [3.05, 3.63) is 99.3 Å². The maximum atomic E-state index is 13.3. The summed E-state index contributed by atoms with van der Waals surface area (Å²) in [5.41, 5.74) is 3.33. The number of phenolic OH excluding ortho intramolecular Hbond substituents is 1. The Labute approximate surface area is 202 Å². The molecule has 0 spiro atoms. The number of phenols is 1. The first-order valence-electron chi connectivity index (χ1n) is 11.1. The number of methoxy groups -OCH3 is 1. The summed E-state index contributed by atoms with van der Waals surface area (Å²) < 4.78 is 6.18. The number of aliphatic imine (C=N–C) groups is 1. The number of rotatable bonds is 6. The number of aromatic hydroxyl groups is 2. The molecule has 0 fully saturated rings. The highest BCUT2D eigenvalue weighted by atomic mass is 16.5. The maximum absolute atomic E-state index is 13.3. The van der Waals surface area contributed by atoms with E-state index in [1.54, 1.807) is 42.5 Å². The number of carbonyl (C=O) groups excluding carboxylic acids is 1. The zero-order valence-electron chi connectivity index (χ0n) is 19.7. The lowest BCUT2D eigenvalue weighted by Gasteiger charge is -2.15. The summed E-state index contributed by atoms with van der Waals surface area (Å²) in [6.45, 7) is 3.91. The topological polar surface area (TPSA) is 101 Å². The Morgan fingerprint density at radius 3 is 2.34 bits per heavy atom. The fraction of sp³-hybridized carbons (Fsp3) is 0.179. The molecule has 0 unspecified atom stereocenters. The lowest BCUT2D eigenvalue weighted by atomic mass is 10.0. The van der Waals surface area contributed by atoms with Gasteiger partial charge in [0.05, 0.1) is 18.4 Å². The van der Waals surface area contributed by atoms with Gasteiger partial charge in [0.2, 0.25) is 5.88 Å². The third-order valence-corrected chi connectivity index (χ3v) is 6.07. The molecule has 0 radical (unpaired) electrons. The number of ether oxygens (including phenoxy) is 1. The highest BCUT2D eigenvalue weighted by Gasteiger charge is 2.20. The zero-order valence-corrected chi connectivity index (χ0v) is 19.7. The first kappa shape index (κ1) is 23.8. The Bertz CT molecular complexity index is 1490. The van der Waals surface area contributed by atoms with Crippen molar-refractivity contribution in [2.45, 2.75) is 26.3 Å². The summed E-state index contributed by atoms with van der Waals surface area (Å²) in [5.74, 6) is -0.689. The van der Waals surface area contributed by atoms with Gasteiger partial charge in [0.15, 0.2) is 6.04 Å². The summed E-state index contributed by atoms with van der Waals surface area (Å²) in [4.78, 5) is 30.2. The zero-order chi connectivity index (χ0) is 25.1. The van der Waals surface area contributed by atoms with Crippen molar-refractivity contribution in [1.82, 2.24) is 4.57 Å². The number of nitrogens with zero attached hydrogens (tertiary/aromatic N) is 2. The van der Waals surface area contributed by atoms with Crippen LogP contribution in [-0.2, 0) is 16.0 Å². The molecule has 0 bridgehead atoms. The van der Waals surface area contributed by atoms with E-state index in [-0.39, 0.29) is 23.6 Å². The van der Waals surface area contributed by atoms with Crippen LogP contribution in [0.2, 0.25) is 0 Å². The molecule has 0 aliphatic rings. The van der Waals surface area contributed by atoms with Gasteiger partial charge in [-0.15, -0.1) is 0 Å². The normalized spacial score (nSPS) is 12.2. The number of carbonyl (C=O) groups is 1. The van der Waals surface area contributed by atoms with Crippen LogP contribution in [0.1, 0.15) is 22.3 Å². The van der Waals surface area contributed by atoms with E-state index in [4.69, 9.17) is 4.74 Å². The molecule has 3 aromatic carbocycles. The highest BCUT2D eigenvalue weighted by Crippen LogP contribution is 2.27. The van der Waals surface area contributed by atoms with Gasteiger partial charge in [0.25, 0.3) is 5.56 Å². The molecule has 0 saturated heterocycles. The second-order valence-corrected chi connectivity index (χ2v) is 8.38. The van der Waals surface area contributed by atoms with Gasteiger partial charge in [0, 0.05) is 23.4 Å². The minimum absolute atomic E-state index is 0.122. The monoisotopic (exact) mass is 470 g/mol. The molecule has 7 nitrogen and oxygen atoms in total. The first-order valence-corrected chi connectivity index (χ1v) is 11.1. The number of pyridine rings is 1. The molecule has 4 rings (SSSR count). The molecule has 4 aromatic rings. The second-order valence-electron chi connectivity index (χ2n) is 8.38. The SMILES string of the molecule is COC(=O)[C@H](Cc1ccc(O)cc1)N=Cc1c(O)n(-c2ccc(C)c(C)c2)c(=O)c2ccccc12. The predicted molar refractivity (Wildman–Crippen MR) is 136 cm³/mol. The van der Waals surface area contributed by atoms with Gasteiger partial charge >= 0.3 is 5.97 Å². The van der Waals surface area contributed by atoms with Crippen LogP contribution in [0.4, 0.5) is 0 Å². The molecule has 1 heterocycles. The number of benzene rings is 3. The van der Waals surface area contributed by atoms with Gasteiger partial charge < -0.3 is 14.9 Å². The number of aromatic nitrogens is 1. The molecule has 1 aromatic heterocycles. The highest BCUT2D eigenvalue weighted by molar-refractivity contribution is 6.02. The predicted octanol–water partition coefficient (Wildman–Crippen LogP) is 4.22. The van der Waals surface area contributed by atoms with Crippen LogP contribution in [0.3, 0.4) is 0 Å². The van der Waals surface area contributed by atoms with E-state index in [1.807, 2.05) is 26.0 Å². The molecular formula is C28H26N2O5. The first-order chi connectivity index (χ1) is 16.8. The Morgan fingerprint density at radius 1 is 1.00 bits per heavy atom. The Kier molecular flexibility index (Phi) is 6.68. The lowest BCUT2D eigenvalue weighted by molar-refractivity contribution is -0.142. The molecule has 0 aliphatic heterocycles. The van der Waals surface area contributed by atoms with Gasteiger partial charge in [0.1, 0.15) is 5.75 Å². The van der Waals surface area contributed by atoms with Crippen molar-refractivity contribution in [1.29, 1.82) is 0 Å². The van der Waals surface area contributed by atoms with Gasteiger partial charge in [-0.3, -0.25) is 9.79 Å². The quantitative estimate of drug-likeness (QED) is 0.325. The van der Waals surface area contributed by atoms with Crippen LogP contribution in [0, 0.1) is 13.8 Å². The van der Waals surface area contributed by atoms with Gasteiger partial charge in [-0.25, -0.2) is 9.36 Å². The minimum Gasteiger partial charge on any atom is -0.508 e. The van der Waals surface area contributed by atoms with Crippen molar-refractivity contribution in [3.8, 4) is 17.3 Å². The van der Waals surface area contributed by atoms with Crippen LogP contribution in [0.25, 0.3) is 16.5 Å². The van der Waals surface area contributed by atoms with E-state index in [0.29, 0.717) is 22.0 Å². The van der Waals surface area contributed by atoms with E-state index < -0.39 is 12.0 Å². The molecular weight excluding hydrogens is 444 g/mol. The summed E-state index contributed by atoms with van der Waals surface area (Å²) in [6.07, 6.45) is 1.65. The van der Waals surface area contributed by atoms with Crippen molar-refractivity contribution in [2.75, 3.05) is 7.11 Å². The number of hydrogen-bond donors (Lipinski definition) is 2. The fourth-order valence-electron chi connectivity index (χ4n) is 3.95. The average Bonchev–Trinajstić information content (AvgIpc) is 2.86. The largest absolute Gasteiger partial charge is 0.508 e. The Balaban J connectivity index is 1.85. The summed E-state index contributed by atoms with van der Waals surface area (Å²) in [7, 11) is 1.29. The lowest BCUT2D eigenvalue weighted by Crippen LogP contribution is -2.23. The third-order valence-electron chi connectivity index (χ3n) is 6.07. The van der Waals surface area contributed by atoms with Gasteiger partial charge in [-0.05, 0) is 60.9 Å². The maximum Gasteiger partial charge on any atom is 0.330 e. The molecule has 2 N–H and O–H groups in total. The van der Waals surface area contributed by atoms with E-state index in [2.05, 4.69) is 4.99 Å². The van der Waals surface area contributed by atoms with Crippen LogP contribution in [0.5, 0.6) is 11.6 Å². The van der Waals surface area contributed by atoms with Gasteiger partial charge in [-0.2, -0.15) is 0 Å². The van der Waals surface area contributed by atoms with E-state index in [9.17, 15) is 19.8 Å². The second kappa shape index (κ2) is 9.85. The van der Waals surface area contributed by atoms with Crippen LogP contribution < -0.4 is 5.56 Å².